The number of aromatic nitrogens is 1. The molecule has 0 saturated carbocycles. The molecule has 0 bridgehead atoms. The Morgan fingerprint density at radius 1 is 1.50 bits per heavy atom. The zero-order chi connectivity index (χ0) is 5.28. The van der Waals surface area contributed by atoms with Gasteiger partial charge in [-0.1, -0.05) is 5.16 Å². The summed E-state index contributed by atoms with van der Waals surface area (Å²) in [5.74, 6) is 0. The first-order chi connectivity index (χ1) is 3.30. The van der Waals surface area contributed by atoms with Gasteiger partial charge in [0.25, 0.3) is 0 Å². The molecule has 0 N–H and O–H groups in total. The van der Waals surface area contributed by atoms with Gasteiger partial charge in [0, 0.05) is 5.56 Å². The van der Waals surface area contributed by atoms with Crippen molar-refractivity contribution in [1.29, 1.82) is 0 Å². The highest BCUT2D eigenvalue weighted by Gasteiger charge is 1.90. The second-order valence-corrected chi connectivity index (χ2v) is 1.58. The maximum atomic E-state index is 4.59. The Kier molecular flexibility index (Phi) is 2.55. The lowest BCUT2D eigenvalue weighted by Gasteiger charge is -1.74. The van der Waals surface area contributed by atoms with Crippen LogP contribution in [0.1, 0.15) is 11.3 Å². The van der Waals surface area contributed by atoms with Crippen molar-refractivity contribution in [2.75, 3.05) is 0 Å². The lowest BCUT2D eigenvalue weighted by Crippen LogP contribution is -1.69. The van der Waals surface area contributed by atoms with Gasteiger partial charge >= 0.3 is 0 Å². The molecule has 1 heterocycles. The SMILES string of the molecule is Cc1conc1C.Cl. The largest absolute Gasteiger partial charge is 0.364 e. The third-order valence-electron chi connectivity index (χ3n) is 0.990. The van der Waals surface area contributed by atoms with Gasteiger partial charge in [0.15, 0.2) is 0 Å². The summed E-state index contributed by atoms with van der Waals surface area (Å²) in [5.41, 5.74) is 2.08. The van der Waals surface area contributed by atoms with E-state index in [0.29, 0.717) is 0 Å². The van der Waals surface area contributed by atoms with Crippen LogP contribution in [0, 0.1) is 13.8 Å². The molecule has 0 spiro atoms. The third kappa shape index (κ3) is 1.23. The van der Waals surface area contributed by atoms with Crippen LogP contribution in [0.4, 0.5) is 0 Å². The van der Waals surface area contributed by atoms with Gasteiger partial charge in [0.1, 0.15) is 6.26 Å². The standard InChI is InChI=1S/C5H7NO.ClH/c1-4-3-7-6-5(4)2;/h3H,1-2H3;1H. The first-order valence-corrected chi connectivity index (χ1v) is 2.18. The minimum atomic E-state index is 0. The van der Waals surface area contributed by atoms with Gasteiger partial charge in [-0.2, -0.15) is 0 Å². The molecular formula is C5H8ClNO. The van der Waals surface area contributed by atoms with Gasteiger partial charge in [-0.3, -0.25) is 0 Å². The molecule has 2 nitrogen and oxygen atoms in total. The van der Waals surface area contributed by atoms with Crippen LogP contribution in [0.25, 0.3) is 0 Å². The van der Waals surface area contributed by atoms with Crippen LogP contribution in [0.2, 0.25) is 0 Å². The Labute approximate surface area is 54.3 Å². The van der Waals surface area contributed by atoms with Gasteiger partial charge in [-0.15, -0.1) is 12.4 Å². The molecule has 1 aromatic rings. The lowest BCUT2D eigenvalue weighted by molar-refractivity contribution is 0.414. The molecular weight excluding hydrogens is 126 g/mol. The molecule has 0 saturated heterocycles. The van der Waals surface area contributed by atoms with E-state index in [1.807, 2.05) is 13.8 Å². The highest BCUT2D eigenvalue weighted by Crippen LogP contribution is 1.99. The molecule has 0 atom stereocenters. The van der Waals surface area contributed by atoms with Crippen molar-refractivity contribution in [3.05, 3.63) is 17.5 Å². The molecule has 46 valence electrons. The van der Waals surface area contributed by atoms with E-state index in [4.69, 9.17) is 0 Å². The highest BCUT2D eigenvalue weighted by molar-refractivity contribution is 5.85. The van der Waals surface area contributed by atoms with Crippen molar-refractivity contribution < 1.29 is 4.52 Å². The van der Waals surface area contributed by atoms with Gasteiger partial charge in [-0.25, -0.2) is 0 Å². The third-order valence-corrected chi connectivity index (χ3v) is 0.990. The molecule has 0 aliphatic heterocycles. The minimum absolute atomic E-state index is 0. The fourth-order valence-corrected chi connectivity index (χ4v) is 0.342. The average molecular weight is 134 g/mol. The zero-order valence-corrected chi connectivity index (χ0v) is 5.66. The number of hydrogen-bond acceptors (Lipinski definition) is 2. The summed E-state index contributed by atoms with van der Waals surface area (Å²) in [6.07, 6.45) is 1.63. The monoisotopic (exact) mass is 133 g/mol. The van der Waals surface area contributed by atoms with Gasteiger partial charge in [-0.05, 0) is 13.8 Å². The molecule has 0 aromatic carbocycles. The number of halogens is 1. The van der Waals surface area contributed by atoms with E-state index in [0.717, 1.165) is 11.3 Å². The van der Waals surface area contributed by atoms with Crippen molar-refractivity contribution >= 4 is 12.4 Å². The fourth-order valence-electron chi connectivity index (χ4n) is 0.342. The van der Waals surface area contributed by atoms with Crippen molar-refractivity contribution in [2.24, 2.45) is 0 Å². The van der Waals surface area contributed by atoms with E-state index in [9.17, 15) is 0 Å². The predicted octanol–water partition coefficient (Wildman–Crippen LogP) is 1.71. The van der Waals surface area contributed by atoms with Crippen LogP contribution in [0.5, 0.6) is 0 Å². The summed E-state index contributed by atoms with van der Waals surface area (Å²) in [5, 5.41) is 3.64. The Balaban J connectivity index is 0.000000490. The number of rotatable bonds is 0. The fraction of sp³-hybridized carbons (Fsp3) is 0.400. The maximum absolute atomic E-state index is 4.59. The predicted molar refractivity (Wildman–Crippen MR) is 33.2 cm³/mol. The number of aryl methyl sites for hydroxylation is 2. The van der Waals surface area contributed by atoms with E-state index < -0.39 is 0 Å². The molecule has 0 fully saturated rings. The van der Waals surface area contributed by atoms with Gasteiger partial charge in [0.05, 0.1) is 5.69 Å². The van der Waals surface area contributed by atoms with Crippen molar-refractivity contribution in [1.82, 2.24) is 5.16 Å². The summed E-state index contributed by atoms with van der Waals surface area (Å²) >= 11 is 0. The van der Waals surface area contributed by atoms with E-state index in [2.05, 4.69) is 9.68 Å². The Hall–Kier alpha value is -0.500. The van der Waals surface area contributed by atoms with E-state index >= 15 is 0 Å². The summed E-state index contributed by atoms with van der Waals surface area (Å²) in [6, 6.07) is 0. The van der Waals surface area contributed by atoms with E-state index in [1.165, 1.54) is 0 Å². The number of nitrogens with zero attached hydrogens (tertiary/aromatic N) is 1. The van der Waals surface area contributed by atoms with Crippen molar-refractivity contribution in [3.63, 3.8) is 0 Å². The maximum Gasteiger partial charge on any atom is 0.126 e. The van der Waals surface area contributed by atoms with Crippen LogP contribution >= 0.6 is 12.4 Å². The quantitative estimate of drug-likeness (QED) is 0.539. The zero-order valence-electron chi connectivity index (χ0n) is 4.84. The second-order valence-electron chi connectivity index (χ2n) is 1.58. The normalized spacial score (nSPS) is 8.25. The minimum Gasteiger partial charge on any atom is -0.364 e. The van der Waals surface area contributed by atoms with Crippen LogP contribution in [0.15, 0.2) is 10.8 Å². The lowest BCUT2D eigenvalue weighted by atomic mass is 10.3. The summed E-state index contributed by atoms with van der Waals surface area (Å²) in [7, 11) is 0. The molecule has 0 radical (unpaired) electrons. The first-order valence-electron chi connectivity index (χ1n) is 2.18. The second kappa shape index (κ2) is 2.72. The van der Waals surface area contributed by atoms with E-state index in [1.54, 1.807) is 6.26 Å². The molecule has 1 aromatic heterocycles. The Bertz CT molecular complexity index is 145. The highest BCUT2D eigenvalue weighted by atomic mass is 35.5. The topological polar surface area (TPSA) is 26.0 Å². The molecule has 8 heavy (non-hydrogen) atoms. The average Bonchev–Trinajstić information content (AvgIpc) is 1.91. The molecule has 0 aliphatic carbocycles. The molecule has 3 heteroatoms. The van der Waals surface area contributed by atoms with Crippen LogP contribution < -0.4 is 0 Å². The van der Waals surface area contributed by atoms with Crippen LogP contribution in [-0.2, 0) is 0 Å². The molecule has 0 amide bonds. The van der Waals surface area contributed by atoms with Gasteiger partial charge in [0.2, 0.25) is 0 Å². The van der Waals surface area contributed by atoms with Crippen LogP contribution in [-0.4, -0.2) is 5.16 Å². The van der Waals surface area contributed by atoms with E-state index in [-0.39, 0.29) is 12.4 Å². The Morgan fingerprint density at radius 2 is 2.12 bits per heavy atom. The molecule has 0 aliphatic rings. The summed E-state index contributed by atoms with van der Waals surface area (Å²) in [4.78, 5) is 0. The number of hydrogen-bond donors (Lipinski definition) is 0. The summed E-state index contributed by atoms with van der Waals surface area (Å²) in [6.45, 7) is 3.88. The smallest absolute Gasteiger partial charge is 0.126 e. The van der Waals surface area contributed by atoms with Crippen molar-refractivity contribution in [2.45, 2.75) is 13.8 Å². The summed E-state index contributed by atoms with van der Waals surface area (Å²) < 4.78 is 4.59. The van der Waals surface area contributed by atoms with Gasteiger partial charge < -0.3 is 4.52 Å². The molecule has 1 rings (SSSR count). The van der Waals surface area contributed by atoms with Crippen LogP contribution in [0.3, 0.4) is 0 Å². The Morgan fingerprint density at radius 3 is 2.25 bits per heavy atom. The molecule has 0 unspecified atom stereocenters. The first kappa shape index (κ1) is 7.50. The van der Waals surface area contributed by atoms with Crippen molar-refractivity contribution in [3.8, 4) is 0 Å².